The smallest absolute Gasteiger partial charge is 0.318 e. The van der Waals surface area contributed by atoms with E-state index in [1.165, 1.54) is 0 Å². The Balaban J connectivity index is 4.90. The molecule has 13 heavy (non-hydrogen) atoms. The van der Waals surface area contributed by atoms with Gasteiger partial charge in [0.25, 0.3) is 0 Å². The van der Waals surface area contributed by atoms with Gasteiger partial charge < -0.3 is 5.11 Å². The van der Waals surface area contributed by atoms with Crippen LogP contribution in [0, 0.1) is 0 Å². The molecular weight excluding hydrogens is 194 g/mol. The highest BCUT2D eigenvalue weighted by Crippen LogP contribution is 2.16. The van der Waals surface area contributed by atoms with Gasteiger partial charge in [-0.3, -0.25) is 4.79 Å². The lowest BCUT2D eigenvalue weighted by atomic mass is 10.1. The van der Waals surface area contributed by atoms with E-state index in [1.54, 1.807) is 20.8 Å². The third-order valence-electron chi connectivity index (χ3n) is 1.43. The fourth-order valence-corrected chi connectivity index (χ4v) is 2.31. The second-order valence-electron chi connectivity index (χ2n) is 3.83. The van der Waals surface area contributed by atoms with Crippen LogP contribution in [0.15, 0.2) is 0 Å². The Hall–Kier alpha value is -0.620. The van der Waals surface area contributed by atoms with Crippen molar-refractivity contribution in [2.24, 2.45) is 0 Å². The molecule has 0 atom stereocenters. The molecule has 0 heterocycles. The molecule has 0 saturated heterocycles. The molecule has 0 aliphatic rings. The zero-order chi connectivity index (χ0) is 10.9. The van der Waals surface area contributed by atoms with Gasteiger partial charge in [0.1, 0.15) is 6.54 Å². The van der Waals surface area contributed by atoms with Crippen molar-refractivity contribution in [1.29, 1.82) is 0 Å². The topological polar surface area (TPSA) is 74.7 Å². The number of carboxylic acids is 1. The second-order valence-corrected chi connectivity index (χ2v) is 5.74. The van der Waals surface area contributed by atoms with Crippen molar-refractivity contribution in [2.75, 3.05) is 12.8 Å². The van der Waals surface area contributed by atoms with Crippen molar-refractivity contribution in [3.8, 4) is 0 Å². The van der Waals surface area contributed by atoms with Crippen molar-refractivity contribution < 1.29 is 18.3 Å². The molecule has 5 nitrogen and oxygen atoms in total. The molecule has 78 valence electrons. The molecule has 0 spiro atoms. The van der Waals surface area contributed by atoms with Crippen LogP contribution in [0.25, 0.3) is 0 Å². The first-order valence-electron chi connectivity index (χ1n) is 3.75. The van der Waals surface area contributed by atoms with Crippen LogP contribution >= 0.6 is 0 Å². The van der Waals surface area contributed by atoms with Gasteiger partial charge in [-0.15, -0.1) is 0 Å². The van der Waals surface area contributed by atoms with Crippen LogP contribution in [-0.4, -0.2) is 42.1 Å². The standard InChI is InChI=1S/C7H15NO4S/c1-7(2,3)8(5-6(9)10)13(4,11)12/h5H2,1-4H3,(H,9,10). The first-order valence-corrected chi connectivity index (χ1v) is 5.59. The van der Waals surface area contributed by atoms with Crippen LogP contribution in [0.5, 0.6) is 0 Å². The summed E-state index contributed by atoms with van der Waals surface area (Å²) in [5, 5.41) is 8.50. The molecule has 0 amide bonds. The van der Waals surface area contributed by atoms with Gasteiger partial charge in [0.2, 0.25) is 10.0 Å². The van der Waals surface area contributed by atoms with Crippen LogP contribution in [-0.2, 0) is 14.8 Å². The Kier molecular flexibility index (Phi) is 3.46. The van der Waals surface area contributed by atoms with Crippen molar-refractivity contribution in [1.82, 2.24) is 4.31 Å². The molecule has 6 heteroatoms. The lowest BCUT2D eigenvalue weighted by molar-refractivity contribution is -0.138. The summed E-state index contributed by atoms with van der Waals surface area (Å²) in [6, 6.07) is 0. The molecule has 0 aromatic rings. The Morgan fingerprint density at radius 2 is 1.77 bits per heavy atom. The molecule has 1 N–H and O–H groups in total. The minimum atomic E-state index is -3.47. The predicted molar refractivity (Wildman–Crippen MR) is 48.9 cm³/mol. The van der Waals surface area contributed by atoms with Gasteiger partial charge in [-0.05, 0) is 20.8 Å². The highest BCUT2D eigenvalue weighted by atomic mass is 32.2. The van der Waals surface area contributed by atoms with Gasteiger partial charge in [-0.25, -0.2) is 8.42 Å². The first kappa shape index (κ1) is 12.4. The van der Waals surface area contributed by atoms with E-state index in [2.05, 4.69) is 0 Å². The van der Waals surface area contributed by atoms with Gasteiger partial charge in [0.15, 0.2) is 0 Å². The number of carboxylic acid groups (broad SMARTS) is 1. The summed E-state index contributed by atoms with van der Waals surface area (Å²) < 4.78 is 23.3. The SMILES string of the molecule is CC(C)(C)N(CC(=O)O)S(C)(=O)=O. The van der Waals surface area contributed by atoms with E-state index in [1.807, 2.05) is 0 Å². The molecule has 0 aliphatic carbocycles. The zero-order valence-electron chi connectivity index (χ0n) is 8.23. The maximum Gasteiger partial charge on any atom is 0.318 e. The molecule has 0 saturated carbocycles. The summed E-state index contributed by atoms with van der Waals surface area (Å²) in [7, 11) is -3.47. The Morgan fingerprint density at radius 1 is 1.38 bits per heavy atom. The molecule has 0 unspecified atom stereocenters. The molecule has 0 rings (SSSR count). The van der Waals surface area contributed by atoms with Gasteiger partial charge in [-0.2, -0.15) is 4.31 Å². The van der Waals surface area contributed by atoms with E-state index in [9.17, 15) is 13.2 Å². The van der Waals surface area contributed by atoms with E-state index in [0.29, 0.717) is 0 Å². The number of nitrogens with zero attached hydrogens (tertiary/aromatic N) is 1. The normalized spacial score (nSPS) is 13.3. The van der Waals surface area contributed by atoms with E-state index < -0.39 is 28.1 Å². The first-order chi connectivity index (χ1) is 5.55. The highest BCUT2D eigenvalue weighted by Gasteiger charge is 2.31. The summed E-state index contributed by atoms with van der Waals surface area (Å²) in [6.07, 6.45) is 1.00. The predicted octanol–water partition coefficient (Wildman–Crippen LogP) is 0.131. The molecule has 0 aliphatic heterocycles. The van der Waals surface area contributed by atoms with Gasteiger partial charge >= 0.3 is 5.97 Å². The molecule has 0 aromatic heterocycles. The minimum Gasteiger partial charge on any atom is -0.480 e. The molecule has 0 aromatic carbocycles. The number of hydrogen-bond acceptors (Lipinski definition) is 3. The van der Waals surface area contributed by atoms with Crippen LogP contribution in [0.3, 0.4) is 0 Å². The van der Waals surface area contributed by atoms with Crippen LogP contribution < -0.4 is 0 Å². The van der Waals surface area contributed by atoms with Crippen molar-refractivity contribution in [3.63, 3.8) is 0 Å². The molecular formula is C7H15NO4S. The summed E-state index contributed by atoms with van der Waals surface area (Å²) in [6.45, 7) is 4.45. The molecule has 0 fully saturated rings. The summed E-state index contributed by atoms with van der Waals surface area (Å²) >= 11 is 0. The number of hydrogen-bond donors (Lipinski definition) is 1. The average molecular weight is 209 g/mol. The van der Waals surface area contributed by atoms with Crippen molar-refractivity contribution in [2.45, 2.75) is 26.3 Å². The average Bonchev–Trinajstić information content (AvgIpc) is 1.77. The third-order valence-corrected chi connectivity index (χ3v) is 2.90. The summed E-state index contributed by atoms with van der Waals surface area (Å²) in [5.74, 6) is -1.15. The van der Waals surface area contributed by atoms with Gasteiger partial charge in [0, 0.05) is 5.54 Å². The lowest BCUT2D eigenvalue weighted by Crippen LogP contribution is -2.47. The zero-order valence-corrected chi connectivity index (χ0v) is 9.05. The van der Waals surface area contributed by atoms with E-state index in [0.717, 1.165) is 10.6 Å². The van der Waals surface area contributed by atoms with E-state index in [-0.39, 0.29) is 0 Å². The van der Waals surface area contributed by atoms with Crippen LogP contribution in [0.4, 0.5) is 0 Å². The fourth-order valence-electron chi connectivity index (χ4n) is 0.975. The monoisotopic (exact) mass is 209 g/mol. The minimum absolute atomic E-state index is 0.498. The Labute approximate surface area is 78.4 Å². The fraction of sp³-hybridized carbons (Fsp3) is 0.857. The lowest BCUT2D eigenvalue weighted by Gasteiger charge is -2.31. The quantitative estimate of drug-likeness (QED) is 0.717. The van der Waals surface area contributed by atoms with E-state index >= 15 is 0 Å². The maximum absolute atomic E-state index is 11.2. The van der Waals surface area contributed by atoms with Gasteiger partial charge in [0.05, 0.1) is 6.26 Å². The van der Waals surface area contributed by atoms with Crippen molar-refractivity contribution in [3.05, 3.63) is 0 Å². The van der Waals surface area contributed by atoms with Gasteiger partial charge in [-0.1, -0.05) is 0 Å². The van der Waals surface area contributed by atoms with E-state index in [4.69, 9.17) is 5.11 Å². The number of sulfonamides is 1. The van der Waals surface area contributed by atoms with Crippen LogP contribution in [0.1, 0.15) is 20.8 Å². The molecule has 0 radical (unpaired) electrons. The maximum atomic E-state index is 11.2. The number of carbonyl (C=O) groups is 1. The van der Waals surface area contributed by atoms with Crippen LogP contribution in [0.2, 0.25) is 0 Å². The Morgan fingerprint density at radius 3 is 1.85 bits per heavy atom. The largest absolute Gasteiger partial charge is 0.480 e. The Bertz CT molecular complexity index is 288. The highest BCUT2D eigenvalue weighted by molar-refractivity contribution is 7.88. The summed E-state index contributed by atoms with van der Waals surface area (Å²) in [5.41, 5.74) is -0.702. The molecule has 0 bridgehead atoms. The van der Waals surface area contributed by atoms with Crippen molar-refractivity contribution >= 4 is 16.0 Å². The number of rotatable bonds is 3. The number of aliphatic carboxylic acids is 1. The summed E-state index contributed by atoms with van der Waals surface area (Å²) in [4.78, 5) is 10.4. The third kappa shape index (κ3) is 4.23. The second kappa shape index (κ2) is 3.63.